The molecule has 21 heavy (non-hydrogen) atoms. The number of methoxy groups -OCH3 is 3. The van der Waals surface area contributed by atoms with Gasteiger partial charge in [0.1, 0.15) is 11.5 Å². The van der Waals surface area contributed by atoms with Gasteiger partial charge in [0.05, 0.1) is 21.3 Å². The third-order valence-corrected chi connectivity index (χ3v) is 3.28. The summed E-state index contributed by atoms with van der Waals surface area (Å²) in [5, 5.41) is 0. The minimum atomic E-state index is 0.390. The van der Waals surface area contributed by atoms with Crippen LogP contribution in [0.2, 0.25) is 0 Å². The molecule has 0 amide bonds. The van der Waals surface area contributed by atoms with Crippen molar-refractivity contribution >= 4 is 5.82 Å². The molecule has 0 radical (unpaired) electrons. The SMILES string of the molecule is CCc1nc(-c2cc(OC)c(OC)c(OC)c2)c(N)n1N. The van der Waals surface area contributed by atoms with Gasteiger partial charge in [-0.05, 0) is 12.1 Å². The quantitative estimate of drug-likeness (QED) is 0.809. The predicted molar refractivity (Wildman–Crippen MR) is 81.3 cm³/mol. The van der Waals surface area contributed by atoms with Crippen LogP contribution in [0.5, 0.6) is 17.2 Å². The van der Waals surface area contributed by atoms with Gasteiger partial charge in [-0.3, -0.25) is 0 Å². The number of imidazole rings is 1. The molecule has 7 heteroatoms. The molecule has 7 nitrogen and oxygen atoms in total. The van der Waals surface area contributed by atoms with E-state index >= 15 is 0 Å². The summed E-state index contributed by atoms with van der Waals surface area (Å²) >= 11 is 0. The number of nitrogens with zero attached hydrogens (tertiary/aromatic N) is 2. The Bertz CT molecular complexity index is 627. The van der Waals surface area contributed by atoms with Crippen molar-refractivity contribution in [2.45, 2.75) is 13.3 Å². The summed E-state index contributed by atoms with van der Waals surface area (Å²) in [4.78, 5) is 4.47. The minimum Gasteiger partial charge on any atom is -0.493 e. The summed E-state index contributed by atoms with van der Waals surface area (Å²) in [5.74, 6) is 8.58. The Kier molecular flexibility index (Phi) is 4.11. The van der Waals surface area contributed by atoms with Crippen molar-refractivity contribution in [1.82, 2.24) is 9.66 Å². The van der Waals surface area contributed by atoms with E-state index in [9.17, 15) is 0 Å². The molecule has 1 aromatic carbocycles. The second kappa shape index (κ2) is 5.82. The van der Waals surface area contributed by atoms with Gasteiger partial charge in [-0.25, -0.2) is 9.66 Å². The number of ether oxygens (including phenoxy) is 3. The summed E-state index contributed by atoms with van der Waals surface area (Å²) in [6, 6.07) is 3.58. The van der Waals surface area contributed by atoms with Crippen LogP contribution in [0.15, 0.2) is 12.1 Å². The Labute approximate surface area is 123 Å². The van der Waals surface area contributed by atoms with Gasteiger partial charge in [0.15, 0.2) is 17.3 Å². The van der Waals surface area contributed by atoms with Crippen molar-refractivity contribution in [3.63, 3.8) is 0 Å². The Morgan fingerprint density at radius 2 is 1.67 bits per heavy atom. The maximum absolute atomic E-state index is 6.03. The van der Waals surface area contributed by atoms with Gasteiger partial charge in [0.2, 0.25) is 5.75 Å². The van der Waals surface area contributed by atoms with Crippen LogP contribution in [-0.2, 0) is 6.42 Å². The first-order chi connectivity index (χ1) is 10.1. The number of nitrogens with two attached hydrogens (primary N) is 2. The topological polar surface area (TPSA) is 97.5 Å². The van der Waals surface area contributed by atoms with Crippen molar-refractivity contribution in [1.29, 1.82) is 0 Å². The van der Waals surface area contributed by atoms with Crippen molar-refractivity contribution in [3.8, 4) is 28.5 Å². The lowest BCUT2D eigenvalue weighted by atomic mass is 10.1. The van der Waals surface area contributed by atoms with Crippen molar-refractivity contribution in [2.75, 3.05) is 32.9 Å². The summed E-state index contributed by atoms with van der Waals surface area (Å²) in [6.07, 6.45) is 0.686. The lowest BCUT2D eigenvalue weighted by Crippen LogP contribution is -2.14. The average molecular weight is 292 g/mol. The van der Waals surface area contributed by atoms with E-state index in [0.717, 1.165) is 5.56 Å². The van der Waals surface area contributed by atoms with Crippen LogP contribution < -0.4 is 25.8 Å². The highest BCUT2D eigenvalue weighted by atomic mass is 16.5. The van der Waals surface area contributed by atoms with E-state index in [2.05, 4.69) is 4.98 Å². The zero-order valence-electron chi connectivity index (χ0n) is 12.6. The van der Waals surface area contributed by atoms with Crippen LogP contribution in [0.4, 0.5) is 5.82 Å². The zero-order valence-corrected chi connectivity index (χ0v) is 12.6. The molecule has 1 heterocycles. The van der Waals surface area contributed by atoms with Crippen LogP contribution in [0.1, 0.15) is 12.7 Å². The molecule has 114 valence electrons. The molecule has 0 spiro atoms. The zero-order chi connectivity index (χ0) is 15.6. The van der Waals surface area contributed by atoms with E-state index < -0.39 is 0 Å². The molecule has 0 aliphatic carbocycles. The number of nitrogen functional groups attached to an aromatic ring is 2. The molecule has 0 unspecified atom stereocenters. The Morgan fingerprint density at radius 1 is 1.10 bits per heavy atom. The molecule has 0 bridgehead atoms. The van der Waals surface area contributed by atoms with E-state index in [1.54, 1.807) is 33.5 Å². The van der Waals surface area contributed by atoms with Crippen LogP contribution >= 0.6 is 0 Å². The fourth-order valence-corrected chi connectivity index (χ4v) is 2.17. The lowest BCUT2D eigenvalue weighted by molar-refractivity contribution is 0.324. The summed E-state index contributed by atoms with van der Waals surface area (Å²) in [5.41, 5.74) is 7.37. The van der Waals surface area contributed by atoms with Crippen LogP contribution in [0.3, 0.4) is 0 Å². The van der Waals surface area contributed by atoms with Crippen molar-refractivity contribution < 1.29 is 14.2 Å². The van der Waals surface area contributed by atoms with Crippen LogP contribution in [-0.4, -0.2) is 31.0 Å². The monoisotopic (exact) mass is 292 g/mol. The summed E-state index contributed by atoms with van der Waals surface area (Å²) in [7, 11) is 4.67. The standard InChI is InChI=1S/C14H20N4O3/c1-5-11-17-12(14(15)18(11)16)8-6-9(19-2)13(21-4)10(7-8)20-3/h6-7H,5,15-16H2,1-4H3. The molecule has 0 saturated heterocycles. The van der Waals surface area contributed by atoms with Crippen molar-refractivity contribution in [2.24, 2.45) is 0 Å². The van der Waals surface area contributed by atoms with E-state index in [-0.39, 0.29) is 0 Å². The highest BCUT2D eigenvalue weighted by Crippen LogP contribution is 2.41. The maximum atomic E-state index is 6.03. The third kappa shape index (κ3) is 2.42. The summed E-state index contributed by atoms with van der Waals surface area (Å²) in [6.45, 7) is 1.96. The van der Waals surface area contributed by atoms with Gasteiger partial charge in [0.25, 0.3) is 0 Å². The van der Waals surface area contributed by atoms with E-state index in [4.69, 9.17) is 25.8 Å². The normalized spacial score (nSPS) is 10.5. The van der Waals surface area contributed by atoms with Crippen molar-refractivity contribution in [3.05, 3.63) is 18.0 Å². The lowest BCUT2D eigenvalue weighted by Gasteiger charge is -2.13. The summed E-state index contributed by atoms with van der Waals surface area (Å²) < 4.78 is 17.4. The number of benzene rings is 1. The smallest absolute Gasteiger partial charge is 0.203 e. The second-order valence-electron chi connectivity index (χ2n) is 4.40. The van der Waals surface area contributed by atoms with Crippen LogP contribution in [0, 0.1) is 0 Å². The Balaban J connectivity index is 2.64. The number of anilines is 1. The molecule has 0 fully saturated rings. The maximum Gasteiger partial charge on any atom is 0.203 e. The molecule has 0 atom stereocenters. The van der Waals surface area contributed by atoms with Crippen LogP contribution in [0.25, 0.3) is 11.3 Å². The fourth-order valence-electron chi connectivity index (χ4n) is 2.17. The highest BCUT2D eigenvalue weighted by molar-refractivity contribution is 5.75. The first-order valence-corrected chi connectivity index (χ1v) is 6.49. The third-order valence-electron chi connectivity index (χ3n) is 3.28. The van der Waals surface area contributed by atoms with E-state index in [1.165, 1.54) is 4.68 Å². The number of aryl methyl sites for hydroxylation is 1. The number of aromatic nitrogens is 2. The second-order valence-corrected chi connectivity index (χ2v) is 4.40. The number of hydrogen-bond acceptors (Lipinski definition) is 6. The Morgan fingerprint density at radius 3 is 2.05 bits per heavy atom. The van der Waals surface area contributed by atoms with Gasteiger partial charge in [0, 0.05) is 12.0 Å². The number of rotatable bonds is 5. The largest absolute Gasteiger partial charge is 0.493 e. The average Bonchev–Trinajstić information content (AvgIpc) is 2.81. The molecule has 1 aromatic heterocycles. The highest BCUT2D eigenvalue weighted by Gasteiger charge is 2.19. The first-order valence-electron chi connectivity index (χ1n) is 6.49. The van der Waals surface area contributed by atoms with Gasteiger partial charge < -0.3 is 25.8 Å². The predicted octanol–water partition coefficient (Wildman–Crippen LogP) is 1.43. The fraction of sp³-hybridized carbons (Fsp3) is 0.357. The molecule has 4 N–H and O–H groups in total. The molecule has 2 aromatic rings. The molecule has 0 aliphatic heterocycles. The minimum absolute atomic E-state index is 0.390. The molecular formula is C14H20N4O3. The molecular weight excluding hydrogens is 272 g/mol. The molecule has 0 saturated carbocycles. The van der Waals surface area contributed by atoms with Gasteiger partial charge in [-0.1, -0.05) is 6.92 Å². The molecule has 2 rings (SSSR count). The number of hydrogen-bond donors (Lipinski definition) is 2. The van der Waals surface area contributed by atoms with E-state index in [1.807, 2.05) is 6.92 Å². The van der Waals surface area contributed by atoms with Gasteiger partial charge in [-0.15, -0.1) is 0 Å². The Hall–Kier alpha value is -2.57. The van der Waals surface area contributed by atoms with Gasteiger partial charge >= 0.3 is 0 Å². The first kappa shape index (κ1) is 14.8. The van der Waals surface area contributed by atoms with E-state index in [0.29, 0.717) is 41.0 Å². The van der Waals surface area contributed by atoms with Gasteiger partial charge in [-0.2, -0.15) is 0 Å². The molecule has 0 aliphatic rings.